The SMILES string of the molecule is CCCC[S+](C)Cc1cc(=O)oc2ccccc12. The summed E-state index contributed by atoms with van der Waals surface area (Å²) < 4.78 is 5.21. The normalized spacial score (nSPS) is 12.8. The summed E-state index contributed by atoms with van der Waals surface area (Å²) in [5.41, 5.74) is 1.59. The number of hydrogen-bond donors (Lipinski definition) is 0. The van der Waals surface area contributed by atoms with Gasteiger partial charge < -0.3 is 4.42 Å². The molecule has 0 amide bonds. The van der Waals surface area contributed by atoms with Crippen LogP contribution in [0.4, 0.5) is 0 Å². The van der Waals surface area contributed by atoms with Crippen molar-refractivity contribution in [2.45, 2.75) is 25.5 Å². The van der Waals surface area contributed by atoms with Crippen molar-refractivity contribution in [3.05, 3.63) is 46.3 Å². The van der Waals surface area contributed by atoms with Crippen molar-refractivity contribution in [3.8, 4) is 0 Å². The maximum Gasteiger partial charge on any atom is 0.336 e. The van der Waals surface area contributed by atoms with Crippen LogP contribution in [-0.2, 0) is 16.6 Å². The summed E-state index contributed by atoms with van der Waals surface area (Å²) in [6, 6.07) is 9.44. The summed E-state index contributed by atoms with van der Waals surface area (Å²) in [6.45, 7) is 2.21. The van der Waals surface area contributed by atoms with Crippen LogP contribution < -0.4 is 5.63 Å². The maximum absolute atomic E-state index is 11.5. The van der Waals surface area contributed by atoms with Crippen molar-refractivity contribution in [3.63, 3.8) is 0 Å². The lowest BCUT2D eigenvalue weighted by Gasteiger charge is -2.05. The molecule has 0 spiro atoms. The standard InChI is InChI=1S/C15H19O2S/c1-3-4-9-18(2)11-12-10-15(16)17-14-8-6-5-7-13(12)14/h5-8,10H,3-4,9,11H2,1-2H3/q+1. The topological polar surface area (TPSA) is 30.2 Å². The second-order valence-electron chi connectivity index (χ2n) is 4.57. The van der Waals surface area contributed by atoms with Crippen molar-refractivity contribution < 1.29 is 4.42 Å². The molecule has 0 bridgehead atoms. The zero-order chi connectivity index (χ0) is 13.0. The monoisotopic (exact) mass is 263 g/mol. The molecule has 2 aromatic rings. The number of rotatable bonds is 5. The highest BCUT2D eigenvalue weighted by Crippen LogP contribution is 2.19. The van der Waals surface area contributed by atoms with Gasteiger partial charge in [-0.1, -0.05) is 31.5 Å². The lowest BCUT2D eigenvalue weighted by atomic mass is 10.1. The predicted molar refractivity (Wildman–Crippen MR) is 79.3 cm³/mol. The lowest BCUT2D eigenvalue weighted by molar-refractivity contribution is 0.559. The van der Waals surface area contributed by atoms with Crippen LogP contribution in [-0.4, -0.2) is 12.0 Å². The van der Waals surface area contributed by atoms with E-state index in [4.69, 9.17) is 4.42 Å². The van der Waals surface area contributed by atoms with Crippen molar-refractivity contribution in [1.82, 2.24) is 0 Å². The molecule has 1 aromatic heterocycles. The molecule has 1 unspecified atom stereocenters. The first-order valence-corrected chi connectivity index (χ1v) is 8.28. The molecule has 96 valence electrons. The Bertz CT molecular complexity index is 574. The van der Waals surface area contributed by atoms with Crippen LogP contribution in [0, 0.1) is 0 Å². The van der Waals surface area contributed by atoms with Gasteiger partial charge in [-0.2, -0.15) is 0 Å². The summed E-state index contributed by atoms with van der Waals surface area (Å²) in [5.74, 6) is 2.22. The quantitative estimate of drug-likeness (QED) is 0.612. The molecule has 0 radical (unpaired) electrons. The van der Waals surface area contributed by atoms with Gasteiger partial charge in [0.1, 0.15) is 17.1 Å². The Morgan fingerprint density at radius 2 is 2.06 bits per heavy atom. The van der Waals surface area contributed by atoms with Gasteiger partial charge >= 0.3 is 5.63 Å². The second-order valence-corrected chi connectivity index (χ2v) is 6.83. The van der Waals surface area contributed by atoms with E-state index in [9.17, 15) is 4.79 Å². The predicted octanol–water partition coefficient (Wildman–Crippen LogP) is 3.34. The van der Waals surface area contributed by atoms with E-state index in [1.807, 2.05) is 24.3 Å². The second kappa shape index (κ2) is 6.10. The highest BCUT2D eigenvalue weighted by molar-refractivity contribution is 7.95. The molecule has 1 heterocycles. The maximum atomic E-state index is 11.5. The minimum absolute atomic E-state index is 0.240. The third-order valence-electron chi connectivity index (χ3n) is 2.98. The molecule has 1 aromatic carbocycles. The van der Waals surface area contributed by atoms with Gasteiger partial charge in [-0.25, -0.2) is 4.79 Å². The molecule has 0 saturated heterocycles. The minimum Gasteiger partial charge on any atom is -0.423 e. The van der Waals surface area contributed by atoms with E-state index in [0.717, 1.165) is 16.7 Å². The Kier molecular flexibility index (Phi) is 4.48. The molecule has 18 heavy (non-hydrogen) atoms. The van der Waals surface area contributed by atoms with Gasteiger partial charge in [-0.3, -0.25) is 0 Å². The Balaban J connectivity index is 2.29. The zero-order valence-corrected chi connectivity index (χ0v) is 11.8. The summed E-state index contributed by atoms with van der Waals surface area (Å²) >= 11 is 0. The number of para-hydroxylation sites is 1. The summed E-state index contributed by atoms with van der Waals surface area (Å²) in [4.78, 5) is 11.5. The zero-order valence-electron chi connectivity index (χ0n) is 10.9. The van der Waals surface area contributed by atoms with Crippen LogP contribution >= 0.6 is 0 Å². The number of unbranched alkanes of at least 4 members (excludes halogenated alkanes) is 1. The number of hydrogen-bond acceptors (Lipinski definition) is 2. The summed E-state index contributed by atoms with van der Waals surface area (Å²) in [5, 5.41) is 1.08. The highest BCUT2D eigenvalue weighted by atomic mass is 32.2. The van der Waals surface area contributed by atoms with E-state index < -0.39 is 0 Å². The molecule has 0 saturated carbocycles. The number of benzene rings is 1. The van der Waals surface area contributed by atoms with Gasteiger partial charge in [-0.15, -0.1) is 0 Å². The molecule has 0 aliphatic heterocycles. The van der Waals surface area contributed by atoms with Crippen LogP contribution in [0.2, 0.25) is 0 Å². The highest BCUT2D eigenvalue weighted by Gasteiger charge is 2.15. The Hall–Kier alpha value is -1.22. The van der Waals surface area contributed by atoms with Crippen molar-refractivity contribution in [1.29, 1.82) is 0 Å². The average Bonchev–Trinajstić information content (AvgIpc) is 2.36. The van der Waals surface area contributed by atoms with Crippen LogP contribution in [0.5, 0.6) is 0 Å². The van der Waals surface area contributed by atoms with Gasteiger partial charge in [0.25, 0.3) is 0 Å². The summed E-state index contributed by atoms with van der Waals surface area (Å²) in [6.07, 6.45) is 4.77. The van der Waals surface area contributed by atoms with Crippen molar-refractivity contribution in [2.75, 3.05) is 12.0 Å². The first-order chi connectivity index (χ1) is 8.70. The van der Waals surface area contributed by atoms with Gasteiger partial charge in [0, 0.05) is 17.0 Å². The molecule has 0 aliphatic rings. The third-order valence-corrected chi connectivity index (χ3v) is 4.77. The molecule has 1 atom stereocenters. The molecule has 2 rings (SSSR count). The molecular weight excluding hydrogens is 244 g/mol. The fourth-order valence-electron chi connectivity index (χ4n) is 2.03. The van der Waals surface area contributed by atoms with Gasteiger partial charge in [0.2, 0.25) is 0 Å². The molecule has 3 heteroatoms. The van der Waals surface area contributed by atoms with Gasteiger partial charge in [0.15, 0.2) is 0 Å². The van der Waals surface area contributed by atoms with E-state index >= 15 is 0 Å². The molecule has 0 aliphatic carbocycles. The molecule has 0 N–H and O–H groups in total. The van der Waals surface area contributed by atoms with Crippen LogP contribution in [0.15, 0.2) is 39.5 Å². The van der Waals surface area contributed by atoms with E-state index in [-0.39, 0.29) is 5.63 Å². The largest absolute Gasteiger partial charge is 0.423 e. The Labute approximate surface area is 110 Å². The van der Waals surface area contributed by atoms with E-state index in [0.29, 0.717) is 16.5 Å². The third kappa shape index (κ3) is 3.16. The first kappa shape index (κ1) is 13.2. The summed E-state index contributed by atoms with van der Waals surface area (Å²) in [7, 11) is 0.334. The fraction of sp³-hybridized carbons (Fsp3) is 0.400. The van der Waals surface area contributed by atoms with Gasteiger partial charge in [-0.05, 0) is 23.4 Å². The van der Waals surface area contributed by atoms with Crippen molar-refractivity contribution in [2.24, 2.45) is 0 Å². The van der Waals surface area contributed by atoms with E-state index in [2.05, 4.69) is 13.2 Å². The first-order valence-electron chi connectivity index (χ1n) is 6.31. The van der Waals surface area contributed by atoms with Crippen LogP contribution in [0.1, 0.15) is 25.3 Å². The Morgan fingerprint density at radius 3 is 2.83 bits per heavy atom. The van der Waals surface area contributed by atoms with Crippen LogP contribution in [0.3, 0.4) is 0 Å². The number of fused-ring (bicyclic) bond motifs is 1. The Morgan fingerprint density at radius 1 is 1.28 bits per heavy atom. The van der Waals surface area contributed by atoms with Crippen LogP contribution in [0.25, 0.3) is 11.0 Å². The fourth-order valence-corrected chi connectivity index (χ4v) is 3.72. The minimum atomic E-state index is -0.240. The van der Waals surface area contributed by atoms with E-state index in [1.54, 1.807) is 6.07 Å². The van der Waals surface area contributed by atoms with E-state index in [1.165, 1.54) is 18.6 Å². The average molecular weight is 263 g/mol. The van der Waals surface area contributed by atoms with Gasteiger partial charge in [0.05, 0.1) is 6.26 Å². The molecule has 2 nitrogen and oxygen atoms in total. The van der Waals surface area contributed by atoms with Crippen molar-refractivity contribution >= 4 is 21.9 Å². The molecule has 0 fully saturated rings. The molecular formula is C15H19O2S+. The smallest absolute Gasteiger partial charge is 0.336 e. The lowest BCUT2D eigenvalue weighted by Crippen LogP contribution is -2.10.